The van der Waals surface area contributed by atoms with E-state index in [4.69, 9.17) is 11.6 Å². The Kier molecular flexibility index (Phi) is 3.95. The molecule has 112 valence electrons. The molecule has 1 aromatic carbocycles. The summed E-state index contributed by atoms with van der Waals surface area (Å²) < 4.78 is 13.2. The minimum Gasteiger partial charge on any atom is -0.324 e. The van der Waals surface area contributed by atoms with Crippen LogP contribution in [0.2, 0.25) is 5.02 Å². The number of amides is 2. The van der Waals surface area contributed by atoms with Gasteiger partial charge in [0.25, 0.3) is 5.91 Å². The molecule has 1 N–H and O–H groups in total. The molecule has 3 rings (SSSR count). The number of quaternary nitrogens is 1. The van der Waals surface area contributed by atoms with Crippen LogP contribution in [-0.2, 0) is 9.59 Å². The van der Waals surface area contributed by atoms with E-state index < -0.39 is 5.82 Å². The van der Waals surface area contributed by atoms with Gasteiger partial charge in [0.15, 0.2) is 6.04 Å². The van der Waals surface area contributed by atoms with Crippen LogP contribution in [0.5, 0.6) is 0 Å². The Morgan fingerprint density at radius 3 is 2.57 bits per heavy atom. The lowest BCUT2D eigenvalue weighted by Crippen LogP contribution is -3.17. The van der Waals surface area contributed by atoms with Crippen molar-refractivity contribution in [2.24, 2.45) is 0 Å². The Morgan fingerprint density at radius 1 is 1.19 bits per heavy atom. The number of hydrogen-bond donors (Lipinski definition) is 1. The van der Waals surface area contributed by atoms with Crippen LogP contribution in [0.3, 0.4) is 0 Å². The van der Waals surface area contributed by atoms with Crippen LogP contribution in [0.4, 0.5) is 10.1 Å². The second-order valence-electron chi connectivity index (χ2n) is 5.64. The van der Waals surface area contributed by atoms with E-state index in [1.165, 1.54) is 29.5 Å². The molecule has 21 heavy (non-hydrogen) atoms. The SMILES string of the molecule is O=C1C[C@@H]([NH+]2CCCCC2)C(=O)N1c1ccc(F)c(Cl)c1. The number of piperidine rings is 1. The van der Waals surface area contributed by atoms with Crippen molar-refractivity contribution in [1.82, 2.24) is 0 Å². The number of carbonyl (C=O) groups is 2. The summed E-state index contributed by atoms with van der Waals surface area (Å²) in [5, 5.41) is -0.0816. The molecule has 0 saturated carbocycles. The summed E-state index contributed by atoms with van der Waals surface area (Å²) in [6.45, 7) is 1.86. The van der Waals surface area contributed by atoms with Gasteiger partial charge in [0.1, 0.15) is 5.82 Å². The minimum absolute atomic E-state index is 0.0816. The molecule has 0 aromatic heterocycles. The third kappa shape index (κ3) is 2.68. The van der Waals surface area contributed by atoms with Crippen molar-refractivity contribution in [2.75, 3.05) is 18.0 Å². The molecule has 2 saturated heterocycles. The van der Waals surface area contributed by atoms with Crippen molar-refractivity contribution in [1.29, 1.82) is 0 Å². The van der Waals surface area contributed by atoms with Crippen LogP contribution in [0.25, 0.3) is 0 Å². The van der Waals surface area contributed by atoms with Gasteiger partial charge in [-0.3, -0.25) is 9.59 Å². The third-order valence-corrected chi connectivity index (χ3v) is 4.59. The number of benzene rings is 1. The quantitative estimate of drug-likeness (QED) is 0.833. The van der Waals surface area contributed by atoms with E-state index in [1.54, 1.807) is 0 Å². The van der Waals surface area contributed by atoms with Gasteiger partial charge in [0.05, 0.1) is 30.2 Å². The summed E-state index contributed by atoms with van der Waals surface area (Å²) in [6, 6.07) is 3.63. The molecule has 0 spiro atoms. The van der Waals surface area contributed by atoms with Crippen molar-refractivity contribution >= 4 is 29.1 Å². The molecule has 4 nitrogen and oxygen atoms in total. The molecule has 1 aromatic rings. The molecule has 6 heteroatoms. The fourth-order valence-corrected chi connectivity index (χ4v) is 3.38. The Bertz CT molecular complexity index is 587. The lowest BCUT2D eigenvalue weighted by molar-refractivity contribution is -0.919. The molecule has 0 aliphatic carbocycles. The highest BCUT2D eigenvalue weighted by Crippen LogP contribution is 2.26. The summed E-state index contributed by atoms with van der Waals surface area (Å²) >= 11 is 5.74. The highest BCUT2D eigenvalue weighted by atomic mass is 35.5. The molecule has 0 bridgehead atoms. The fourth-order valence-electron chi connectivity index (χ4n) is 3.20. The normalized spacial score (nSPS) is 23.9. The maximum Gasteiger partial charge on any atom is 0.292 e. The van der Waals surface area contributed by atoms with Gasteiger partial charge < -0.3 is 4.90 Å². The standard InChI is InChI=1S/C15H16ClFN2O2/c16-11-8-10(4-5-12(11)17)19-14(20)9-13(15(19)21)18-6-2-1-3-7-18/h4-5,8,13H,1-3,6-7,9H2/p+1/t13-/m1/s1. The lowest BCUT2D eigenvalue weighted by Gasteiger charge is -2.27. The Balaban J connectivity index is 1.84. The van der Waals surface area contributed by atoms with Gasteiger partial charge in [-0.25, -0.2) is 9.29 Å². The molecule has 2 amide bonds. The average Bonchev–Trinajstić information content (AvgIpc) is 2.78. The van der Waals surface area contributed by atoms with E-state index >= 15 is 0 Å². The van der Waals surface area contributed by atoms with Crippen LogP contribution < -0.4 is 9.80 Å². The zero-order valence-electron chi connectivity index (χ0n) is 11.6. The maximum atomic E-state index is 13.2. The predicted molar refractivity (Wildman–Crippen MR) is 76.9 cm³/mol. The van der Waals surface area contributed by atoms with Crippen LogP contribution in [0, 0.1) is 5.82 Å². The molecule has 2 aliphatic heterocycles. The van der Waals surface area contributed by atoms with E-state index in [2.05, 4.69) is 0 Å². The number of halogens is 2. The molecule has 1 atom stereocenters. The number of rotatable bonds is 2. The average molecular weight is 312 g/mol. The first-order chi connectivity index (χ1) is 10.1. The van der Waals surface area contributed by atoms with Gasteiger partial charge in [-0.2, -0.15) is 0 Å². The van der Waals surface area contributed by atoms with E-state index in [9.17, 15) is 14.0 Å². The second-order valence-corrected chi connectivity index (χ2v) is 6.05. The first-order valence-electron chi connectivity index (χ1n) is 7.24. The number of nitrogens with one attached hydrogen (secondary N) is 1. The first kappa shape index (κ1) is 14.5. The molecular weight excluding hydrogens is 295 g/mol. The van der Waals surface area contributed by atoms with Crippen LogP contribution in [0.1, 0.15) is 25.7 Å². The van der Waals surface area contributed by atoms with Gasteiger partial charge in [0.2, 0.25) is 5.91 Å². The van der Waals surface area contributed by atoms with Gasteiger partial charge in [0, 0.05) is 0 Å². The number of nitrogens with zero attached hydrogens (tertiary/aromatic N) is 1. The van der Waals surface area contributed by atoms with Crippen molar-refractivity contribution in [3.05, 3.63) is 29.0 Å². The monoisotopic (exact) mass is 311 g/mol. The number of imide groups is 1. The number of anilines is 1. The van der Waals surface area contributed by atoms with Gasteiger partial charge in [-0.1, -0.05) is 11.6 Å². The predicted octanol–water partition coefficient (Wildman–Crippen LogP) is 1.18. The summed E-state index contributed by atoms with van der Waals surface area (Å²) in [7, 11) is 0. The molecule has 2 heterocycles. The van der Waals surface area contributed by atoms with Crippen LogP contribution in [-0.4, -0.2) is 30.9 Å². The third-order valence-electron chi connectivity index (χ3n) is 4.30. The lowest BCUT2D eigenvalue weighted by atomic mass is 10.1. The van der Waals surface area contributed by atoms with E-state index in [0.29, 0.717) is 5.69 Å². The maximum absolute atomic E-state index is 13.2. The zero-order valence-corrected chi connectivity index (χ0v) is 12.3. The minimum atomic E-state index is -0.558. The first-order valence-corrected chi connectivity index (χ1v) is 7.62. The summed E-state index contributed by atoms with van der Waals surface area (Å²) in [5.41, 5.74) is 0.357. The van der Waals surface area contributed by atoms with Crippen molar-refractivity contribution < 1.29 is 18.9 Å². The Hall–Kier alpha value is -1.46. The van der Waals surface area contributed by atoms with E-state index in [1.807, 2.05) is 0 Å². The summed E-state index contributed by atoms with van der Waals surface area (Å²) in [6.07, 6.45) is 3.60. The van der Waals surface area contributed by atoms with Crippen LogP contribution >= 0.6 is 11.6 Å². The van der Waals surface area contributed by atoms with Crippen molar-refractivity contribution in [3.8, 4) is 0 Å². The number of likely N-dealkylation sites (tertiary alicyclic amines) is 1. The van der Waals surface area contributed by atoms with Gasteiger partial charge >= 0.3 is 0 Å². The molecular formula is C15H17ClFN2O2+. The Morgan fingerprint density at radius 2 is 1.90 bits per heavy atom. The molecule has 2 aliphatic rings. The number of hydrogen-bond acceptors (Lipinski definition) is 2. The zero-order chi connectivity index (χ0) is 15.0. The van der Waals surface area contributed by atoms with Crippen molar-refractivity contribution in [3.63, 3.8) is 0 Å². The number of carbonyl (C=O) groups excluding carboxylic acids is 2. The highest BCUT2D eigenvalue weighted by Gasteiger charge is 2.45. The molecule has 2 fully saturated rings. The van der Waals surface area contributed by atoms with Gasteiger partial charge in [-0.15, -0.1) is 0 Å². The van der Waals surface area contributed by atoms with E-state index in [0.717, 1.165) is 30.8 Å². The van der Waals surface area contributed by atoms with E-state index in [-0.39, 0.29) is 29.3 Å². The fraction of sp³-hybridized carbons (Fsp3) is 0.467. The Labute approximate surface area is 127 Å². The second kappa shape index (κ2) is 5.73. The molecule has 0 radical (unpaired) electrons. The largest absolute Gasteiger partial charge is 0.324 e. The van der Waals surface area contributed by atoms with Crippen LogP contribution in [0.15, 0.2) is 18.2 Å². The smallest absolute Gasteiger partial charge is 0.292 e. The summed E-state index contributed by atoms with van der Waals surface area (Å²) in [4.78, 5) is 27.1. The highest BCUT2D eigenvalue weighted by molar-refractivity contribution is 6.31. The summed E-state index contributed by atoms with van der Waals surface area (Å²) in [5.74, 6) is -0.983. The van der Waals surface area contributed by atoms with Crippen molar-refractivity contribution in [2.45, 2.75) is 31.7 Å². The molecule has 0 unspecified atom stereocenters. The van der Waals surface area contributed by atoms with Gasteiger partial charge in [-0.05, 0) is 37.5 Å². The topological polar surface area (TPSA) is 41.8 Å².